The van der Waals surface area contributed by atoms with Crippen LogP contribution in [0.15, 0.2) is 91.0 Å². The lowest BCUT2D eigenvalue weighted by molar-refractivity contribution is -0.114. The van der Waals surface area contributed by atoms with Crippen LogP contribution in [0.2, 0.25) is 0 Å². The third-order valence-electron chi connectivity index (χ3n) is 4.53. The van der Waals surface area contributed by atoms with Crippen molar-refractivity contribution in [3.8, 4) is 5.75 Å². The molecule has 164 valence electrons. The molecule has 3 N–H and O–H groups in total. The highest BCUT2D eigenvalue weighted by Gasteiger charge is 2.08. The number of para-hydroxylation sites is 2. The summed E-state index contributed by atoms with van der Waals surface area (Å²) in [5, 5.41) is 8.79. The molecule has 0 aliphatic rings. The molecule has 0 aliphatic heterocycles. The second-order valence-electron chi connectivity index (χ2n) is 7.39. The summed E-state index contributed by atoms with van der Waals surface area (Å²) < 4.78 is 5.70. The second kappa shape index (κ2) is 11.4. The van der Waals surface area contributed by atoms with Crippen molar-refractivity contribution in [2.24, 2.45) is 0 Å². The summed E-state index contributed by atoms with van der Waals surface area (Å²) in [4.78, 5) is 24.6. The number of rotatable bonds is 10. The minimum absolute atomic E-state index is 0.0761. The molecule has 32 heavy (non-hydrogen) atoms. The van der Waals surface area contributed by atoms with E-state index in [1.165, 1.54) is 0 Å². The Hall–Kier alpha value is -4.06. The minimum Gasteiger partial charge on any atom is -0.487 e. The fourth-order valence-electron chi connectivity index (χ4n) is 2.91. The van der Waals surface area contributed by atoms with Crippen molar-refractivity contribution >= 4 is 23.2 Å². The predicted octanol–water partition coefficient (Wildman–Crippen LogP) is 4.62. The zero-order valence-corrected chi connectivity index (χ0v) is 18.1. The molecule has 0 radical (unpaired) electrons. The van der Waals surface area contributed by atoms with Gasteiger partial charge in [-0.15, -0.1) is 0 Å². The fourth-order valence-corrected chi connectivity index (χ4v) is 2.91. The van der Waals surface area contributed by atoms with Crippen molar-refractivity contribution in [2.75, 3.05) is 23.8 Å². The minimum atomic E-state index is -0.207. The number of nitrogens with one attached hydrogen (secondary N) is 3. The monoisotopic (exact) mass is 429 g/mol. The number of benzene rings is 3. The molecule has 3 aromatic rings. The van der Waals surface area contributed by atoms with Crippen LogP contribution in [0.3, 0.4) is 0 Å². The smallest absolute Gasteiger partial charge is 0.251 e. The van der Waals surface area contributed by atoms with Crippen LogP contribution in [-0.4, -0.2) is 25.0 Å². The van der Waals surface area contributed by atoms with E-state index < -0.39 is 0 Å². The first kappa shape index (κ1) is 22.6. The summed E-state index contributed by atoms with van der Waals surface area (Å²) in [7, 11) is 0. The zero-order valence-electron chi connectivity index (χ0n) is 18.1. The maximum absolute atomic E-state index is 12.3. The molecule has 0 bridgehead atoms. The summed E-state index contributed by atoms with van der Waals surface area (Å²) in [5.41, 5.74) is 3.82. The highest BCUT2D eigenvalue weighted by Crippen LogP contribution is 2.24. The molecule has 3 rings (SSSR count). The highest BCUT2D eigenvalue weighted by atomic mass is 16.5. The van der Waals surface area contributed by atoms with Gasteiger partial charge in [0.25, 0.3) is 5.91 Å². The van der Waals surface area contributed by atoms with E-state index >= 15 is 0 Å². The summed E-state index contributed by atoms with van der Waals surface area (Å²) >= 11 is 0. The molecular weight excluding hydrogens is 402 g/mol. The molecule has 0 atom stereocenters. The SMILES string of the molecule is C=C(C)COc1ccccc1NCC(=O)Nc1ccc(C(=O)NCc2ccccc2)cc1. The molecule has 0 saturated heterocycles. The molecule has 6 nitrogen and oxygen atoms in total. The van der Waals surface area contributed by atoms with Crippen molar-refractivity contribution in [3.05, 3.63) is 102 Å². The van der Waals surface area contributed by atoms with Gasteiger partial charge in [-0.3, -0.25) is 9.59 Å². The van der Waals surface area contributed by atoms with Gasteiger partial charge in [0, 0.05) is 17.8 Å². The molecule has 6 heteroatoms. The van der Waals surface area contributed by atoms with E-state index in [2.05, 4.69) is 22.5 Å². The van der Waals surface area contributed by atoms with Crippen LogP contribution in [0.1, 0.15) is 22.8 Å². The van der Waals surface area contributed by atoms with Gasteiger partial charge < -0.3 is 20.7 Å². The third-order valence-corrected chi connectivity index (χ3v) is 4.53. The van der Waals surface area contributed by atoms with Crippen LogP contribution in [0.5, 0.6) is 5.75 Å². The lowest BCUT2D eigenvalue weighted by Gasteiger charge is -2.13. The first-order chi connectivity index (χ1) is 15.5. The Labute approximate surface area is 188 Å². The average Bonchev–Trinajstić information content (AvgIpc) is 2.81. The van der Waals surface area contributed by atoms with Gasteiger partial charge in [0.15, 0.2) is 0 Å². The quantitative estimate of drug-likeness (QED) is 0.411. The Bertz CT molecular complexity index is 1060. The van der Waals surface area contributed by atoms with Crippen molar-refractivity contribution in [3.63, 3.8) is 0 Å². The van der Waals surface area contributed by atoms with Crippen molar-refractivity contribution in [1.82, 2.24) is 5.32 Å². The Morgan fingerprint density at radius 3 is 2.31 bits per heavy atom. The van der Waals surface area contributed by atoms with Crippen molar-refractivity contribution in [1.29, 1.82) is 0 Å². The van der Waals surface area contributed by atoms with Gasteiger partial charge >= 0.3 is 0 Å². The Morgan fingerprint density at radius 2 is 1.59 bits per heavy atom. The summed E-state index contributed by atoms with van der Waals surface area (Å²) in [6, 6.07) is 23.9. The number of ether oxygens (including phenoxy) is 1. The molecule has 0 unspecified atom stereocenters. The summed E-state index contributed by atoms with van der Waals surface area (Å²) in [6.07, 6.45) is 0. The second-order valence-corrected chi connectivity index (χ2v) is 7.39. The zero-order chi connectivity index (χ0) is 22.8. The number of carbonyl (C=O) groups excluding carboxylic acids is 2. The van der Waals surface area contributed by atoms with Crippen molar-refractivity contribution < 1.29 is 14.3 Å². The lowest BCUT2D eigenvalue weighted by atomic mass is 10.1. The van der Waals surface area contributed by atoms with Gasteiger partial charge in [-0.1, -0.05) is 49.0 Å². The third kappa shape index (κ3) is 7.02. The largest absolute Gasteiger partial charge is 0.487 e. The molecule has 0 aliphatic carbocycles. The van der Waals surface area contributed by atoms with Gasteiger partial charge in [0.2, 0.25) is 5.91 Å². The first-order valence-electron chi connectivity index (χ1n) is 10.3. The molecule has 0 heterocycles. The molecule has 0 fully saturated rings. The summed E-state index contributed by atoms with van der Waals surface area (Å²) in [5.74, 6) is 0.287. The van der Waals surface area contributed by atoms with E-state index in [4.69, 9.17) is 4.74 Å². The van der Waals surface area contributed by atoms with E-state index in [-0.39, 0.29) is 18.4 Å². The fraction of sp³-hybridized carbons (Fsp3) is 0.154. The van der Waals surface area contributed by atoms with Crippen LogP contribution in [0.25, 0.3) is 0 Å². The predicted molar refractivity (Wildman–Crippen MR) is 128 cm³/mol. The molecule has 0 saturated carbocycles. The lowest BCUT2D eigenvalue weighted by Crippen LogP contribution is -2.23. The van der Waals surface area contributed by atoms with Crippen LogP contribution in [0, 0.1) is 0 Å². The highest BCUT2D eigenvalue weighted by molar-refractivity contribution is 5.96. The topological polar surface area (TPSA) is 79.5 Å². The van der Waals surface area contributed by atoms with E-state index in [0.29, 0.717) is 30.2 Å². The average molecular weight is 430 g/mol. The normalized spacial score (nSPS) is 10.2. The van der Waals surface area contributed by atoms with Gasteiger partial charge in [0.05, 0.1) is 12.2 Å². The Kier molecular flexibility index (Phi) is 8.03. The number of amides is 2. The van der Waals surface area contributed by atoms with Crippen LogP contribution >= 0.6 is 0 Å². The van der Waals surface area contributed by atoms with Gasteiger partial charge in [-0.05, 0) is 54.5 Å². The molecular formula is C26H27N3O3. The Balaban J connectivity index is 1.48. The van der Waals surface area contributed by atoms with E-state index in [0.717, 1.165) is 16.8 Å². The standard InChI is InChI=1S/C26H27N3O3/c1-19(2)18-32-24-11-7-6-10-23(24)27-17-25(30)29-22-14-12-21(13-15-22)26(31)28-16-20-8-4-3-5-9-20/h3-15,27H,1,16-18H2,2H3,(H,28,31)(H,29,30). The van der Waals surface area contributed by atoms with Gasteiger partial charge in [0.1, 0.15) is 12.4 Å². The van der Waals surface area contributed by atoms with E-state index in [1.54, 1.807) is 24.3 Å². The maximum Gasteiger partial charge on any atom is 0.251 e. The molecule has 2 amide bonds. The number of hydrogen-bond donors (Lipinski definition) is 3. The Morgan fingerprint density at radius 1 is 0.906 bits per heavy atom. The van der Waals surface area contributed by atoms with Crippen LogP contribution in [0.4, 0.5) is 11.4 Å². The molecule has 0 aromatic heterocycles. The first-order valence-corrected chi connectivity index (χ1v) is 10.3. The van der Waals surface area contributed by atoms with Gasteiger partial charge in [-0.25, -0.2) is 0 Å². The maximum atomic E-state index is 12.3. The number of anilines is 2. The summed E-state index contributed by atoms with van der Waals surface area (Å²) in [6.45, 7) is 6.67. The van der Waals surface area contributed by atoms with Gasteiger partial charge in [-0.2, -0.15) is 0 Å². The van der Waals surface area contributed by atoms with E-state index in [1.807, 2.05) is 61.5 Å². The van der Waals surface area contributed by atoms with Crippen LogP contribution < -0.4 is 20.7 Å². The number of hydrogen-bond acceptors (Lipinski definition) is 4. The van der Waals surface area contributed by atoms with Crippen LogP contribution in [-0.2, 0) is 11.3 Å². The molecule has 0 spiro atoms. The van der Waals surface area contributed by atoms with E-state index in [9.17, 15) is 9.59 Å². The molecule has 3 aromatic carbocycles. The number of carbonyl (C=O) groups is 2. The van der Waals surface area contributed by atoms with Crippen molar-refractivity contribution in [2.45, 2.75) is 13.5 Å².